The van der Waals surface area contributed by atoms with Gasteiger partial charge in [-0.15, -0.1) is 0 Å². The zero-order valence-electron chi connectivity index (χ0n) is 4.44. The van der Waals surface area contributed by atoms with Crippen LogP contribution in [-0.4, -0.2) is 51.5 Å². The summed E-state index contributed by atoms with van der Waals surface area (Å²) in [7, 11) is 0. The van der Waals surface area contributed by atoms with E-state index in [9.17, 15) is 9.59 Å². The zero-order valence-corrected chi connectivity index (χ0v) is 7.74. The molecule has 1 fully saturated rings. The first kappa shape index (κ1) is 7.19. The van der Waals surface area contributed by atoms with E-state index in [1.54, 1.807) is 0 Å². The van der Waals surface area contributed by atoms with Crippen molar-refractivity contribution in [3.8, 4) is 0 Å². The van der Waals surface area contributed by atoms with Crippen LogP contribution in [0.4, 0.5) is 0 Å². The Kier molecular flexibility index (Phi) is 1.89. The summed E-state index contributed by atoms with van der Waals surface area (Å²) in [5, 5.41) is 17.3. The van der Waals surface area contributed by atoms with Crippen LogP contribution < -0.4 is 0 Å². The third kappa shape index (κ3) is 1.15. The number of rotatable bonds is 0. The molecule has 2 N–H and O–H groups in total. The van der Waals surface area contributed by atoms with E-state index in [1.165, 1.54) is 0 Å². The number of carbonyl (C=O) groups is 2. The number of hydrogen-bond acceptors (Lipinski definition) is 4. The summed E-state index contributed by atoms with van der Waals surface area (Å²) in [5.41, 5.74) is 0. The monoisotopic (exact) mass is 239 g/mol. The number of carbonyl (C=O) groups excluding carboxylic acids is 2. The summed E-state index contributed by atoms with van der Waals surface area (Å²) in [6.07, 6.45) is -2.78. The topological polar surface area (TPSA) is 74.6 Å². The Morgan fingerprint density at radius 2 is 1.44 bits per heavy atom. The SMILES string of the molecule is O=[C]1[SbH2][C](=O)C(O)C1O. The van der Waals surface area contributed by atoms with Gasteiger partial charge in [0.05, 0.1) is 0 Å². The second-order valence-corrected chi connectivity index (χ2v) is 5.91. The average Bonchev–Trinajstić information content (AvgIpc) is 1.98. The van der Waals surface area contributed by atoms with Gasteiger partial charge in [-0.05, 0) is 0 Å². The van der Waals surface area contributed by atoms with E-state index in [0.717, 1.165) is 0 Å². The zero-order chi connectivity index (χ0) is 7.02. The van der Waals surface area contributed by atoms with Gasteiger partial charge in [-0.3, -0.25) is 0 Å². The fourth-order valence-electron chi connectivity index (χ4n) is 0.622. The molecule has 0 aliphatic carbocycles. The number of aliphatic hydroxyl groups excluding tert-OH is 2. The molecule has 1 aliphatic rings. The van der Waals surface area contributed by atoms with Crippen LogP contribution in [0.5, 0.6) is 0 Å². The maximum absolute atomic E-state index is 10.4. The number of aliphatic hydroxyl groups is 2. The van der Waals surface area contributed by atoms with E-state index < -0.39 is 41.3 Å². The summed E-state index contributed by atoms with van der Waals surface area (Å²) >= 11 is -1.90. The average molecular weight is 240 g/mol. The van der Waals surface area contributed by atoms with E-state index in [-0.39, 0.29) is 0 Å². The van der Waals surface area contributed by atoms with Gasteiger partial charge in [0.15, 0.2) is 0 Å². The Morgan fingerprint density at radius 3 is 1.56 bits per heavy atom. The predicted octanol–water partition coefficient (Wildman–Crippen LogP) is -3.06. The third-order valence-corrected chi connectivity index (χ3v) is 4.74. The quantitative estimate of drug-likeness (QED) is 0.441. The molecule has 9 heavy (non-hydrogen) atoms. The summed E-state index contributed by atoms with van der Waals surface area (Å²) in [6, 6.07) is 0. The first-order chi connectivity index (χ1) is 4.13. The summed E-state index contributed by atoms with van der Waals surface area (Å²) in [5.74, 6) is 0. The van der Waals surface area contributed by atoms with Crippen molar-refractivity contribution in [2.24, 2.45) is 0 Å². The van der Waals surface area contributed by atoms with Gasteiger partial charge in [0, 0.05) is 0 Å². The summed E-state index contributed by atoms with van der Waals surface area (Å²) in [6.45, 7) is 0. The molecule has 0 aromatic rings. The molecule has 4 nitrogen and oxygen atoms in total. The summed E-state index contributed by atoms with van der Waals surface area (Å²) < 4.78 is -0.801. The molecule has 51 valence electrons. The van der Waals surface area contributed by atoms with Crippen molar-refractivity contribution in [2.45, 2.75) is 12.2 Å². The van der Waals surface area contributed by atoms with Crippen molar-refractivity contribution >= 4 is 29.1 Å². The van der Waals surface area contributed by atoms with Crippen molar-refractivity contribution in [1.82, 2.24) is 0 Å². The molecule has 1 heterocycles. The third-order valence-electron chi connectivity index (χ3n) is 1.17. The van der Waals surface area contributed by atoms with Gasteiger partial charge in [-0.1, -0.05) is 0 Å². The first-order valence-electron chi connectivity index (χ1n) is 2.41. The summed E-state index contributed by atoms with van der Waals surface area (Å²) in [4.78, 5) is 20.9. The predicted molar refractivity (Wildman–Crippen MR) is 30.6 cm³/mol. The normalized spacial score (nSPS) is 38.4. The van der Waals surface area contributed by atoms with Crippen molar-refractivity contribution in [3.05, 3.63) is 0 Å². The molecule has 0 amide bonds. The standard InChI is InChI=1S/C4H4O4.Sb.2H/c5-1-3(7)4(8)2-6;;;/h3-4,7-8H;;;. The van der Waals surface area contributed by atoms with Crippen molar-refractivity contribution in [2.75, 3.05) is 0 Å². The first-order valence-corrected chi connectivity index (χ1v) is 5.71. The molecule has 0 saturated carbocycles. The molecule has 2 unspecified atom stereocenters. The fourth-order valence-corrected chi connectivity index (χ4v) is 3.44. The Morgan fingerprint density at radius 1 is 1.11 bits per heavy atom. The molecule has 0 aromatic heterocycles. The molecule has 0 spiro atoms. The molecule has 0 aromatic carbocycles. The van der Waals surface area contributed by atoms with Gasteiger partial charge < -0.3 is 0 Å². The van der Waals surface area contributed by atoms with Crippen LogP contribution in [-0.2, 0) is 9.59 Å². The minimum atomic E-state index is -1.90. The Labute approximate surface area is 61.4 Å². The molecular weight excluding hydrogens is 234 g/mol. The van der Waals surface area contributed by atoms with Crippen LogP contribution in [0, 0.1) is 0 Å². The van der Waals surface area contributed by atoms with Crippen LogP contribution in [0.25, 0.3) is 0 Å². The molecule has 1 radical (unpaired) electrons. The van der Waals surface area contributed by atoms with Crippen LogP contribution in [0.3, 0.4) is 0 Å². The van der Waals surface area contributed by atoms with Crippen LogP contribution in [0.15, 0.2) is 0 Å². The fraction of sp³-hybridized carbons (Fsp3) is 0.500. The molecule has 1 saturated heterocycles. The molecule has 1 rings (SSSR count). The van der Waals surface area contributed by atoms with Gasteiger partial charge in [0.2, 0.25) is 0 Å². The molecular formula is C4H6O4Sb. The van der Waals surface area contributed by atoms with E-state index in [0.29, 0.717) is 0 Å². The van der Waals surface area contributed by atoms with E-state index >= 15 is 0 Å². The Hall–Kier alpha value is 0.0782. The molecule has 0 bridgehead atoms. The molecule has 2 atom stereocenters. The number of hydrogen-bond donors (Lipinski definition) is 2. The van der Waals surface area contributed by atoms with E-state index in [1.807, 2.05) is 0 Å². The van der Waals surface area contributed by atoms with Gasteiger partial charge in [0.1, 0.15) is 0 Å². The maximum atomic E-state index is 10.4. The minimum absolute atomic E-state index is 0.400. The second-order valence-electron chi connectivity index (χ2n) is 1.84. The van der Waals surface area contributed by atoms with Gasteiger partial charge in [-0.25, -0.2) is 0 Å². The Balaban J connectivity index is 2.77. The van der Waals surface area contributed by atoms with Crippen molar-refractivity contribution < 1.29 is 19.8 Å². The van der Waals surface area contributed by atoms with Crippen LogP contribution in [0.1, 0.15) is 0 Å². The van der Waals surface area contributed by atoms with Crippen molar-refractivity contribution in [3.63, 3.8) is 0 Å². The van der Waals surface area contributed by atoms with Gasteiger partial charge >= 0.3 is 61.1 Å². The second kappa shape index (κ2) is 2.37. The van der Waals surface area contributed by atoms with Crippen LogP contribution in [0.2, 0.25) is 0 Å². The van der Waals surface area contributed by atoms with Gasteiger partial charge in [0.25, 0.3) is 0 Å². The molecule has 1 aliphatic heterocycles. The molecule has 5 heteroatoms. The van der Waals surface area contributed by atoms with Crippen LogP contribution >= 0.6 is 0 Å². The van der Waals surface area contributed by atoms with E-state index in [2.05, 4.69) is 0 Å². The Bertz CT molecular complexity index is 148. The van der Waals surface area contributed by atoms with E-state index in [4.69, 9.17) is 10.2 Å². The van der Waals surface area contributed by atoms with Gasteiger partial charge in [-0.2, -0.15) is 0 Å². The van der Waals surface area contributed by atoms with Crippen molar-refractivity contribution in [1.29, 1.82) is 0 Å².